The predicted molar refractivity (Wildman–Crippen MR) is 94.8 cm³/mol. The first-order valence-corrected chi connectivity index (χ1v) is 8.27. The van der Waals surface area contributed by atoms with Gasteiger partial charge in [0.2, 0.25) is 0 Å². The van der Waals surface area contributed by atoms with Gasteiger partial charge < -0.3 is 10.5 Å². The van der Waals surface area contributed by atoms with Crippen molar-refractivity contribution in [3.05, 3.63) is 35.8 Å². The number of rotatable bonds is 4. The number of nitrogens with zero attached hydrogens (tertiary/aromatic N) is 3. The van der Waals surface area contributed by atoms with E-state index in [2.05, 4.69) is 14.8 Å². The van der Waals surface area contributed by atoms with Gasteiger partial charge in [-0.2, -0.15) is 5.10 Å². The van der Waals surface area contributed by atoms with Crippen molar-refractivity contribution in [1.82, 2.24) is 14.8 Å². The van der Waals surface area contributed by atoms with E-state index in [4.69, 9.17) is 5.73 Å². The van der Waals surface area contributed by atoms with Crippen LogP contribution in [-0.2, 0) is 7.05 Å². The molecule has 0 radical (unpaired) electrons. The third-order valence-corrected chi connectivity index (χ3v) is 4.30. The van der Waals surface area contributed by atoms with E-state index in [0.29, 0.717) is 22.8 Å². The zero-order valence-corrected chi connectivity index (χ0v) is 14.0. The molecule has 7 heteroatoms. The van der Waals surface area contributed by atoms with E-state index < -0.39 is 0 Å². The van der Waals surface area contributed by atoms with Crippen LogP contribution in [0.4, 0.5) is 15.9 Å². The summed E-state index contributed by atoms with van der Waals surface area (Å²) < 4.78 is 19.0. The molecule has 0 bridgehead atoms. The van der Waals surface area contributed by atoms with Gasteiger partial charge in [0.1, 0.15) is 17.3 Å². The highest BCUT2D eigenvalue weighted by molar-refractivity contribution is 8.00. The van der Waals surface area contributed by atoms with Gasteiger partial charge in [0.25, 0.3) is 0 Å². The predicted octanol–water partition coefficient (Wildman–Crippen LogP) is 3.75. The van der Waals surface area contributed by atoms with Crippen molar-refractivity contribution in [2.45, 2.75) is 13.8 Å². The molecule has 0 aliphatic heterocycles. The van der Waals surface area contributed by atoms with Gasteiger partial charge in [-0.1, -0.05) is 24.9 Å². The minimum atomic E-state index is -0.318. The summed E-state index contributed by atoms with van der Waals surface area (Å²) in [4.78, 5) is 4.20. The summed E-state index contributed by atoms with van der Waals surface area (Å²) in [7, 11) is 1.85. The Morgan fingerprint density at radius 2 is 2.17 bits per heavy atom. The Kier molecular flexibility index (Phi) is 4.12. The topological polar surface area (TPSA) is 68.8 Å². The van der Waals surface area contributed by atoms with Gasteiger partial charge in [0.05, 0.1) is 16.6 Å². The van der Waals surface area contributed by atoms with Crippen LogP contribution in [0.25, 0.3) is 22.2 Å². The number of aromatic nitrogens is 3. The Labute approximate surface area is 138 Å². The molecule has 0 fully saturated rings. The van der Waals surface area contributed by atoms with Gasteiger partial charge >= 0.3 is 0 Å². The average molecular weight is 331 g/mol. The number of aryl methyl sites for hydroxylation is 2. The van der Waals surface area contributed by atoms with E-state index in [1.807, 2.05) is 27.0 Å². The maximum Gasteiger partial charge on any atom is 0.147 e. The maximum atomic E-state index is 14.3. The molecule has 0 atom stereocenters. The van der Waals surface area contributed by atoms with Gasteiger partial charge in [-0.3, -0.25) is 4.68 Å². The molecule has 0 saturated carbocycles. The lowest BCUT2D eigenvalue weighted by Gasteiger charge is -2.07. The number of fused-ring (bicyclic) bond motifs is 1. The van der Waals surface area contributed by atoms with Crippen molar-refractivity contribution in [2.24, 2.45) is 7.05 Å². The molecular formula is C16H18FN5S. The molecule has 0 spiro atoms. The summed E-state index contributed by atoms with van der Waals surface area (Å²) >= 11 is 1.45. The van der Waals surface area contributed by atoms with Gasteiger partial charge in [-0.05, 0) is 24.6 Å². The quantitative estimate of drug-likeness (QED) is 0.713. The van der Waals surface area contributed by atoms with Gasteiger partial charge in [0.15, 0.2) is 0 Å². The molecule has 0 amide bonds. The molecule has 3 N–H and O–H groups in total. The first kappa shape index (κ1) is 15.6. The van der Waals surface area contributed by atoms with E-state index in [0.717, 1.165) is 22.2 Å². The number of nitrogen functional groups attached to an aromatic ring is 1. The van der Waals surface area contributed by atoms with Crippen LogP contribution in [0.2, 0.25) is 0 Å². The molecule has 3 aromatic rings. The minimum absolute atomic E-state index is 0.318. The van der Waals surface area contributed by atoms with Crippen molar-refractivity contribution < 1.29 is 4.39 Å². The second-order valence-corrected chi connectivity index (χ2v) is 6.32. The molecule has 23 heavy (non-hydrogen) atoms. The summed E-state index contributed by atoms with van der Waals surface area (Å²) in [5.41, 5.74) is 9.71. The third kappa shape index (κ3) is 2.72. The monoisotopic (exact) mass is 331 g/mol. The fourth-order valence-corrected chi connectivity index (χ4v) is 3.07. The van der Waals surface area contributed by atoms with E-state index >= 15 is 0 Å². The van der Waals surface area contributed by atoms with E-state index in [1.165, 1.54) is 18.0 Å². The Morgan fingerprint density at radius 1 is 1.39 bits per heavy atom. The van der Waals surface area contributed by atoms with Crippen LogP contribution in [0.3, 0.4) is 0 Å². The number of hydrogen-bond acceptors (Lipinski definition) is 5. The molecule has 1 aromatic carbocycles. The first-order valence-electron chi connectivity index (χ1n) is 7.28. The molecule has 2 aromatic heterocycles. The lowest BCUT2D eigenvalue weighted by Crippen LogP contribution is -1.95. The highest BCUT2D eigenvalue weighted by Gasteiger charge is 2.17. The summed E-state index contributed by atoms with van der Waals surface area (Å²) in [5.74, 6) is 0.937. The zero-order chi connectivity index (χ0) is 16.6. The van der Waals surface area contributed by atoms with E-state index in [1.54, 1.807) is 16.9 Å². The molecule has 120 valence electrons. The lowest BCUT2D eigenvalue weighted by molar-refractivity contribution is 0.633. The van der Waals surface area contributed by atoms with Gasteiger partial charge in [-0.25, -0.2) is 9.37 Å². The molecule has 0 aliphatic rings. The zero-order valence-electron chi connectivity index (χ0n) is 13.2. The molecule has 0 saturated heterocycles. The smallest absolute Gasteiger partial charge is 0.147 e. The molecular weight excluding hydrogens is 313 g/mol. The van der Waals surface area contributed by atoms with Crippen LogP contribution in [0.1, 0.15) is 12.5 Å². The number of benzene rings is 1. The highest BCUT2D eigenvalue weighted by atomic mass is 32.2. The Bertz CT molecular complexity index is 875. The summed E-state index contributed by atoms with van der Waals surface area (Å²) in [6.45, 7) is 3.96. The van der Waals surface area contributed by atoms with Gasteiger partial charge in [0, 0.05) is 24.6 Å². The summed E-state index contributed by atoms with van der Waals surface area (Å²) in [6.07, 6.45) is 1.72. The summed E-state index contributed by atoms with van der Waals surface area (Å²) in [6, 6.07) is 5.03. The number of halogens is 1. The molecule has 0 unspecified atom stereocenters. The molecule has 2 heterocycles. The SMILES string of the molecule is CCSNc1ccc(-c2nn(C)c3c(C)cnc(N)c23)cc1F. The van der Waals surface area contributed by atoms with Crippen LogP contribution in [0, 0.1) is 12.7 Å². The largest absolute Gasteiger partial charge is 0.383 e. The first-order chi connectivity index (χ1) is 11.0. The maximum absolute atomic E-state index is 14.3. The molecule has 3 rings (SSSR count). The van der Waals surface area contributed by atoms with Crippen LogP contribution in [-0.4, -0.2) is 20.5 Å². The second-order valence-electron chi connectivity index (χ2n) is 5.25. The van der Waals surface area contributed by atoms with Crippen LogP contribution < -0.4 is 10.5 Å². The lowest BCUT2D eigenvalue weighted by atomic mass is 10.1. The normalized spacial score (nSPS) is 11.1. The van der Waals surface area contributed by atoms with Crippen molar-refractivity contribution in [1.29, 1.82) is 0 Å². The Hall–Kier alpha value is -2.28. The number of pyridine rings is 1. The fourth-order valence-electron chi connectivity index (χ4n) is 2.61. The third-order valence-electron chi connectivity index (χ3n) is 3.64. The van der Waals surface area contributed by atoms with Crippen LogP contribution in [0.15, 0.2) is 24.4 Å². The number of nitrogens with two attached hydrogens (primary N) is 1. The Morgan fingerprint density at radius 3 is 2.87 bits per heavy atom. The van der Waals surface area contributed by atoms with Crippen molar-refractivity contribution in [2.75, 3.05) is 16.2 Å². The number of hydrogen-bond donors (Lipinski definition) is 2. The number of nitrogens with one attached hydrogen (secondary N) is 1. The standard InChI is InChI=1S/C16H18FN5S/c1-4-23-21-12-6-5-10(7-11(12)17)14-13-15(22(3)20-14)9(2)8-19-16(13)18/h5-8,21H,4H2,1-3H3,(H2,18,19). The fraction of sp³-hybridized carbons (Fsp3) is 0.250. The summed E-state index contributed by atoms with van der Waals surface area (Å²) in [5, 5.41) is 5.28. The van der Waals surface area contributed by atoms with E-state index in [-0.39, 0.29) is 5.82 Å². The van der Waals surface area contributed by atoms with Crippen molar-refractivity contribution in [3.63, 3.8) is 0 Å². The molecule has 5 nitrogen and oxygen atoms in total. The van der Waals surface area contributed by atoms with Gasteiger partial charge in [-0.15, -0.1) is 0 Å². The molecule has 0 aliphatic carbocycles. The van der Waals surface area contributed by atoms with Crippen molar-refractivity contribution >= 4 is 34.4 Å². The van der Waals surface area contributed by atoms with Crippen LogP contribution >= 0.6 is 11.9 Å². The van der Waals surface area contributed by atoms with Crippen molar-refractivity contribution in [3.8, 4) is 11.3 Å². The second kappa shape index (κ2) is 6.08. The highest BCUT2D eigenvalue weighted by Crippen LogP contribution is 2.34. The van der Waals surface area contributed by atoms with Crippen LogP contribution in [0.5, 0.6) is 0 Å². The Balaban J connectivity index is 2.14. The minimum Gasteiger partial charge on any atom is -0.383 e. The van der Waals surface area contributed by atoms with E-state index in [9.17, 15) is 4.39 Å². The number of anilines is 2. The average Bonchev–Trinajstić information content (AvgIpc) is 2.88.